The molecule has 0 saturated heterocycles. The van der Waals surface area contributed by atoms with Crippen LogP contribution < -0.4 is 5.73 Å². The molecule has 0 heterocycles. The van der Waals surface area contributed by atoms with Gasteiger partial charge < -0.3 is 5.73 Å². The van der Waals surface area contributed by atoms with Crippen LogP contribution in [0.15, 0.2) is 47.9 Å². The van der Waals surface area contributed by atoms with Crippen molar-refractivity contribution in [3.05, 3.63) is 69.0 Å². The Hall–Kier alpha value is -1.49. The quantitative estimate of drug-likeness (QED) is 0.849. The lowest BCUT2D eigenvalue weighted by Gasteiger charge is -2.02. The first kappa shape index (κ1) is 15.9. The van der Waals surface area contributed by atoms with Crippen molar-refractivity contribution >= 4 is 44.8 Å². The van der Waals surface area contributed by atoms with Crippen molar-refractivity contribution in [3.63, 3.8) is 0 Å². The van der Waals surface area contributed by atoms with Gasteiger partial charge in [-0.15, -0.1) is 0 Å². The number of benzene rings is 2. The van der Waals surface area contributed by atoms with Crippen LogP contribution in [0.5, 0.6) is 0 Å². The van der Waals surface area contributed by atoms with E-state index in [1.54, 1.807) is 42.5 Å². The van der Waals surface area contributed by atoms with Gasteiger partial charge in [-0.05, 0) is 47.5 Å². The van der Waals surface area contributed by atoms with Gasteiger partial charge in [0.15, 0.2) is 9.84 Å². The molecule has 0 unspecified atom stereocenters. The maximum Gasteiger partial charge on any atom is 0.175 e. The molecule has 6 heteroatoms. The molecule has 0 bridgehead atoms. The fourth-order valence-electron chi connectivity index (χ4n) is 1.73. The van der Waals surface area contributed by atoms with E-state index in [0.717, 1.165) is 5.41 Å². The molecule has 2 rings (SSSR count). The minimum Gasteiger partial charge on any atom is -0.398 e. The molecule has 2 N–H and O–H groups in total. The van der Waals surface area contributed by atoms with Crippen LogP contribution in [0, 0.1) is 0 Å². The summed E-state index contributed by atoms with van der Waals surface area (Å²) in [6.07, 6.45) is 1.45. The Balaban J connectivity index is 2.18. The molecule has 0 fully saturated rings. The Labute approximate surface area is 133 Å². The number of halogens is 2. The molecule has 0 radical (unpaired) electrons. The smallest absolute Gasteiger partial charge is 0.175 e. The third-order valence-corrected chi connectivity index (χ3v) is 4.56. The van der Waals surface area contributed by atoms with Crippen molar-refractivity contribution in [2.24, 2.45) is 0 Å². The minimum absolute atomic E-state index is 0.0961. The topological polar surface area (TPSA) is 60.2 Å². The Morgan fingerprint density at radius 1 is 1.00 bits per heavy atom. The number of hydrogen-bond donors (Lipinski definition) is 1. The van der Waals surface area contributed by atoms with Gasteiger partial charge in [0.1, 0.15) is 0 Å². The molecule has 3 nitrogen and oxygen atoms in total. The van der Waals surface area contributed by atoms with Gasteiger partial charge in [0.2, 0.25) is 0 Å². The van der Waals surface area contributed by atoms with E-state index in [-0.39, 0.29) is 5.75 Å². The van der Waals surface area contributed by atoms with E-state index in [1.165, 1.54) is 6.08 Å². The SMILES string of the molecule is Nc1ccc(Cl)cc1C=CS(=O)(=O)Cc1ccc(Cl)cc1. The van der Waals surface area contributed by atoms with Crippen molar-refractivity contribution < 1.29 is 8.42 Å². The number of rotatable bonds is 4. The summed E-state index contributed by atoms with van der Waals surface area (Å²) in [5.74, 6) is -0.0961. The third kappa shape index (κ3) is 4.77. The fraction of sp³-hybridized carbons (Fsp3) is 0.0667. The van der Waals surface area contributed by atoms with Gasteiger partial charge in [-0.25, -0.2) is 8.42 Å². The van der Waals surface area contributed by atoms with Crippen molar-refractivity contribution in [1.29, 1.82) is 0 Å². The van der Waals surface area contributed by atoms with E-state index in [2.05, 4.69) is 0 Å². The molecule has 0 aliphatic heterocycles. The summed E-state index contributed by atoms with van der Waals surface area (Å²) in [5, 5.41) is 2.21. The molecule has 0 amide bonds. The van der Waals surface area contributed by atoms with E-state index in [0.29, 0.717) is 26.9 Å². The van der Waals surface area contributed by atoms with Crippen LogP contribution in [-0.4, -0.2) is 8.42 Å². The van der Waals surface area contributed by atoms with Crippen LogP contribution >= 0.6 is 23.2 Å². The van der Waals surface area contributed by atoms with Crippen LogP contribution in [0.1, 0.15) is 11.1 Å². The molecule has 0 aliphatic rings. The molecule has 0 aromatic heterocycles. The second-order valence-electron chi connectivity index (χ2n) is 4.51. The lowest BCUT2D eigenvalue weighted by molar-refractivity contribution is 0.604. The Morgan fingerprint density at radius 2 is 1.62 bits per heavy atom. The highest BCUT2D eigenvalue weighted by Gasteiger charge is 2.08. The zero-order valence-corrected chi connectivity index (χ0v) is 13.3. The van der Waals surface area contributed by atoms with Crippen molar-refractivity contribution in [3.8, 4) is 0 Å². The van der Waals surface area contributed by atoms with E-state index < -0.39 is 9.84 Å². The van der Waals surface area contributed by atoms with E-state index in [4.69, 9.17) is 28.9 Å². The van der Waals surface area contributed by atoms with Crippen LogP contribution in [0.25, 0.3) is 6.08 Å². The van der Waals surface area contributed by atoms with Gasteiger partial charge in [0.05, 0.1) is 5.75 Å². The Bertz CT molecular complexity index is 769. The summed E-state index contributed by atoms with van der Waals surface area (Å²) in [5.41, 5.74) is 7.48. The van der Waals surface area contributed by atoms with Gasteiger partial charge >= 0.3 is 0 Å². The van der Waals surface area contributed by atoms with Gasteiger partial charge in [-0.3, -0.25) is 0 Å². The van der Waals surface area contributed by atoms with Gasteiger partial charge in [-0.2, -0.15) is 0 Å². The highest BCUT2D eigenvalue weighted by molar-refractivity contribution is 7.93. The molecular weight excluding hydrogens is 329 g/mol. The first-order chi connectivity index (χ1) is 9.85. The van der Waals surface area contributed by atoms with Crippen LogP contribution in [0.2, 0.25) is 10.0 Å². The molecule has 2 aromatic carbocycles. The number of nitrogen functional groups attached to an aromatic ring is 1. The first-order valence-corrected chi connectivity index (χ1v) is 8.53. The minimum atomic E-state index is -3.40. The molecule has 110 valence electrons. The predicted octanol–water partition coefficient (Wildman–Crippen LogP) is 4.16. The summed E-state index contributed by atoms with van der Waals surface area (Å²) in [6, 6.07) is 11.6. The molecule has 0 atom stereocenters. The number of nitrogens with two attached hydrogens (primary N) is 1. The van der Waals surface area contributed by atoms with Gasteiger partial charge in [0.25, 0.3) is 0 Å². The highest BCUT2D eigenvalue weighted by atomic mass is 35.5. The molecule has 0 saturated carbocycles. The second kappa shape index (κ2) is 6.52. The number of anilines is 1. The number of hydrogen-bond acceptors (Lipinski definition) is 3. The van der Waals surface area contributed by atoms with E-state index in [9.17, 15) is 8.42 Å². The molecular formula is C15H13Cl2NO2S. The summed E-state index contributed by atoms with van der Waals surface area (Å²) < 4.78 is 24.1. The average molecular weight is 342 g/mol. The second-order valence-corrected chi connectivity index (χ2v) is 7.27. The summed E-state index contributed by atoms with van der Waals surface area (Å²) >= 11 is 11.6. The molecule has 0 aliphatic carbocycles. The normalized spacial score (nSPS) is 11.9. The van der Waals surface area contributed by atoms with Crippen molar-refractivity contribution in [1.82, 2.24) is 0 Å². The zero-order valence-electron chi connectivity index (χ0n) is 11.0. The maximum absolute atomic E-state index is 12.1. The van der Waals surface area contributed by atoms with Gasteiger partial charge in [-0.1, -0.05) is 35.3 Å². The maximum atomic E-state index is 12.1. The number of sulfone groups is 1. The van der Waals surface area contributed by atoms with E-state index in [1.807, 2.05) is 0 Å². The summed E-state index contributed by atoms with van der Waals surface area (Å²) in [4.78, 5) is 0. The van der Waals surface area contributed by atoms with Crippen LogP contribution in [0.3, 0.4) is 0 Å². The monoisotopic (exact) mass is 341 g/mol. The molecule has 0 spiro atoms. The van der Waals surface area contributed by atoms with Crippen molar-refractivity contribution in [2.45, 2.75) is 5.75 Å². The molecule has 21 heavy (non-hydrogen) atoms. The molecule has 2 aromatic rings. The van der Waals surface area contributed by atoms with Crippen LogP contribution in [0.4, 0.5) is 5.69 Å². The third-order valence-electron chi connectivity index (χ3n) is 2.78. The lowest BCUT2D eigenvalue weighted by Crippen LogP contribution is -2.00. The predicted molar refractivity (Wildman–Crippen MR) is 89.0 cm³/mol. The van der Waals surface area contributed by atoms with Crippen molar-refractivity contribution in [2.75, 3.05) is 5.73 Å². The average Bonchev–Trinajstić information content (AvgIpc) is 2.42. The van der Waals surface area contributed by atoms with E-state index >= 15 is 0 Å². The van der Waals surface area contributed by atoms with Gasteiger partial charge in [0, 0.05) is 21.1 Å². The largest absolute Gasteiger partial charge is 0.398 e. The highest BCUT2D eigenvalue weighted by Crippen LogP contribution is 2.20. The lowest BCUT2D eigenvalue weighted by atomic mass is 10.2. The standard InChI is InChI=1S/C15H13Cl2NO2S/c16-13-3-1-11(2-4-13)10-21(19,20)8-7-12-9-14(17)5-6-15(12)18/h1-9H,10,18H2. The fourth-order valence-corrected chi connectivity index (χ4v) is 3.14. The summed E-state index contributed by atoms with van der Waals surface area (Å²) in [7, 11) is -3.40. The zero-order chi connectivity index (χ0) is 15.5. The first-order valence-electron chi connectivity index (χ1n) is 6.06. The summed E-state index contributed by atoms with van der Waals surface area (Å²) in [6.45, 7) is 0. The van der Waals surface area contributed by atoms with Crippen LogP contribution in [-0.2, 0) is 15.6 Å². The Kier molecular flexibility index (Phi) is 4.93. The Morgan fingerprint density at radius 3 is 2.29 bits per heavy atom.